The minimum atomic E-state index is -0.178. The largest absolute Gasteiger partial charge is 0.399 e. The molecule has 3 nitrogen and oxygen atoms in total. The second-order valence-corrected chi connectivity index (χ2v) is 6.03. The number of benzene rings is 2. The van der Waals surface area contributed by atoms with Crippen molar-refractivity contribution >= 4 is 34.8 Å². The van der Waals surface area contributed by atoms with Gasteiger partial charge in [0.05, 0.1) is 12.0 Å². The lowest BCUT2D eigenvalue weighted by atomic mass is 9.93. The van der Waals surface area contributed by atoms with Crippen LogP contribution in [0.2, 0.25) is 10.0 Å². The van der Waals surface area contributed by atoms with E-state index in [4.69, 9.17) is 28.9 Å². The molecule has 0 saturated carbocycles. The summed E-state index contributed by atoms with van der Waals surface area (Å²) in [5, 5.41) is 4.16. The molecule has 1 amide bonds. The van der Waals surface area contributed by atoms with Crippen molar-refractivity contribution in [1.82, 2.24) is 5.32 Å². The maximum Gasteiger partial charge on any atom is 0.228 e. The van der Waals surface area contributed by atoms with E-state index in [1.165, 1.54) is 0 Å². The number of amides is 1. The highest BCUT2D eigenvalue weighted by atomic mass is 35.5. The van der Waals surface area contributed by atoms with Crippen molar-refractivity contribution in [1.29, 1.82) is 0 Å². The molecule has 1 aliphatic rings. The zero-order chi connectivity index (χ0) is 15.0. The number of rotatable bonds is 2. The van der Waals surface area contributed by atoms with Crippen LogP contribution in [0, 0.1) is 0 Å². The molecular weight excluding hydrogens is 307 g/mol. The monoisotopic (exact) mass is 320 g/mol. The number of hydrogen-bond acceptors (Lipinski definition) is 2. The normalized spacial score (nSPS) is 21.3. The number of nitrogens with one attached hydrogen (secondary N) is 1. The molecule has 108 valence electrons. The summed E-state index contributed by atoms with van der Waals surface area (Å²) in [6, 6.07) is 12.7. The van der Waals surface area contributed by atoms with E-state index < -0.39 is 0 Å². The second-order valence-electron chi connectivity index (χ2n) is 5.18. The SMILES string of the molecule is Nc1ccc(C2CC(c3ccc(Cl)cc3Cl)NC2=O)cc1. The Kier molecular flexibility index (Phi) is 3.79. The number of nitrogens with two attached hydrogens (primary N) is 1. The van der Waals surface area contributed by atoms with Crippen LogP contribution in [0.15, 0.2) is 42.5 Å². The number of carbonyl (C=O) groups is 1. The predicted octanol–water partition coefficient (Wildman–Crippen LogP) is 3.92. The highest BCUT2D eigenvalue weighted by molar-refractivity contribution is 6.35. The molecule has 1 aliphatic heterocycles. The average Bonchev–Trinajstić information content (AvgIpc) is 2.81. The number of hydrogen-bond donors (Lipinski definition) is 2. The van der Waals surface area contributed by atoms with Crippen molar-refractivity contribution in [2.45, 2.75) is 18.4 Å². The van der Waals surface area contributed by atoms with Crippen molar-refractivity contribution in [2.24, 2.45) is 0 Å². The first-order valence-electron chi connectivity index (χ1n) is 6.65. The zero-order valence-corrected chi connectivity index (χ0v) is 12.7. The van der Waals surface area contributed by atoms with Gasteiger partial charge in [0.2, 0.25) is 5.91 Å². The van der Waals surface area contributed by atoms with Gasteiger partial charge in [0.15, 0.2) is 0 Å². The molecule has 1 heterocycles. The molecular formula is C16H14Cl2N2O. The predicted molar refractivity (Wildman–Crippen MR) is 85.6 cm³/mol. The minimum absolute atomic E-state index is 0.00999. The summed E-state index contributed by atoms with van der Waals surface area (Å²) in [6.45, 7) is 0. The Hall–Kier alpha value is -1.71. The van der Waals surface area contributed by atoms with E-state index in [9.17, 15) is 4.79 Å². The first-order valence-corrected chi connectivity index (χ1v) is 7.41. The van der Waals surface area contributed by atoms with E-state index in [-0.39, 0.29) is 17.9 Å². The molecule has 21 heavy (non-hydrogen) atoms. The van der Waals surface area contributed by atoms with Gasteiger partial charge in [-0.3, -0.25) is 4.79 Å². The third-order valence-corrected chi connectivity index (χ3v) is 4.34. The molecule has 0 radical (unpaired) electrons. The molecule has 2 aromatic carbocycles. The molecule has 2 unspecified atom stereocenters. The first kappa shape index (κ1) is 14.2. The van der Waals surface area contributed by atoms with Gasteiger partial charge in [0, 0.05) is 15.7 Å². The Labute approximate surface area is 133 Å². The second kappa shape index (κ2) is 5.58. The van der Waals surface area contributed by atoms with E-state index in [0.717, 1.165) is 11.1 Å². The van der Waals surface area contributed by atoms with Gasteiger partial charge in [0.25, 0.3) is 0 Å². The summed E-state index contributed by atoms with van der Waals surface area (Å²) in [7, 11) is 0. The van der Waals surface area contributed by atoms with Crippen LogP contribution >= 0.6 is 23.2 Å². The van der Waals surface area contributed by atoms with Crippen LogP contribution in [-0.2, 0) is 4.79 Å². The Bertz CT molecular complexity index is 685. The summed E-state index contributed by atoms with van der Waals surface area (Å²) in [6.07, 6.45) is 0.671. The molecule has 1 fully saturated rings. The van der Waals surface area contributed by atoms with Crippen LogP contribution in [0.3, 0.4) is 0 Å². The summed E-state index contributed by atoms with van der Waals surface area (Å²) < 4.78 is 0. The van der Waals surface area contributed by atoms with E-state index in [0.29, 0.717) is 22.2 Å². The third-order valence-electron chi connectivity index (χ3n) is 3.78. The Morgan fingerprint density at radius 2 is 1.81 bits per heavy atom. The Morgan fingerprint density at radius 1 is 1.10 bits per heavy atom. The molecule has 5 heteroatoms. The van der Waals surface area contributed by atoms with Crippen LogP contribution in [-0.4, -0.2) is 5.91 Å². The van der Waals surface area contributed by atoms with Gasteiger partial charge in [-0.05, 0) is 41.8 Å². The van der Waals surface area contributed by atoms with Crippen molar-refractivity contribution in [2.75, 3.05) is 5.73 Å². The Balaban J connectivity index is 1.85. The fourth-order valence-electron chi connectivity index (χ4n) is 2.68. The molecule has 0 bridgehead atoms. The third kappa shape index (κ3) is 2.85. The fourth-order valence-corrected chi connectivity index (χ4v) is 3.22. The number of halogens is 2. The Morgan fingerprint density at radius 3 is 2.48 bits per heavy atom. The quantitative estimate of drug-likeness (QED) is 0.824. The van der Waals surface area contributed by atoms with E-state index >= 15 is 0 Å². The fraction of sp³-hybridized carbons (Fsp3) is 0.188. The molecule has 3 N–H and O–H groups in total. The standard InChI is InChI=1S/C16H14Cl2N2O/c17-10-3-6-12(14(18)7-10)15-8-13(16(21)20-15)9-1-4-11(19)5-2-9/h1-7,13,15H,8,19H2,(H,20,21). The topological polar surface area (TPSA) is 55.1 Å². The number of carbonyl (C=O) groups excluding carboxylic acids is 1. The summed E-state index contributed by atoms with van der Waals surface area (Å²) in [5.41, 5.74) is 8.23. The molecule has 0 aromatic heterocycles. The van der Waals surface area contributed by atoms with Crippen molar-refractivity contribution in [3.63, 3.8) is 0 Å². The van der Waals surface area contributed by atoms with E-state index in [2.05, 4.69) is 5.32 Å². The van der Waals surface area contributed by atoms with E-state index in [1.54, 1.807) is 12.1 Å². The van der Waals surface area contributed by atoms with Gasteiger partial charge in [0.1, 0.15) is 0 Å². The summed E-state index contributed by atoms with van der Waals surface area (Å²) >= 11 is 12.1. The van der Waals surface area contributed by atoms with Crippen LogP contribution in [0.25, 0.3) is 0 Å². The lowest BCUT2D eigenvalue weighted by Crippen LogP contribution is -2.20. The van der Waals surface area contributed by atoms with Crippen LogP contribution < -0.4 is 11.1 Å². The summed E-state index contributed by atoms with van der Waals surface area (Å²) in [5.74, 6) is -0.168. The van der Waals surface area contributed by atoms with Crippen LogP contribution in [0.1, 0.15) is 29.5 Å². The van der Waals surface area contributed by atoms with Gasteiger partial charge in [-0.25, -0.2) is 0 Å². The van der Waals surface area contributed by atoms with Gasteiger partial charge < -0.3 is 11.1 Å². The maximum atomic E-state index is 12.2. The van der Waals surface area contributed by atoms with Gasteiger partial charge >= 0.3 is 0 Å². The lowest BCUT2D eigenvalue weighted by Gasteiger charge is -2.12. The maximum absolute atomic E-state index is 12.2. The molecule has 2 aromatic rings. The lowest BCUT2D eigenvalue weighted by molar-refractivity contribution is -0.120. The first-order chi connectivity index (χ1) is 10.0. The molecule has 1 saturated heterocycles. The van der Waals surface area contributed by atoms with Crippen molar-refractivity contribution in [3.8, 4) is 0 Å². The molecule has 3 rings (SSSR count). The average molecular weight is 321 g/mol. The summed E-state index contributed by atoms with van der Waals surface area (Å²) in [4.78, 5) is 12.2. The van der Waals surface area contributed by atoms with Crippen LogP contribution in [0.5, 0.6) is 0 Å². The zero-order valence-electron chi connectivity index (χ0n) is 11.1. The van der Waals surface area contributed by atoms with Crippen molar-refractivity contribution in [3.05, 3.63) is 63.6 Å². The molecule has 0 aliphatic carbocycles. The van der Waals surface area contributed by atoms with Gasteiger partial charge in [-0.2, -0.15) is 0 Å². The highest BCUT2D eigenvalue weighted by Gasteiger charge is 2.34. The van der Waals surface area contributed by atoms with Gasteiger partial charge in [-0.1, -0.05) is 41.4 Å². The highest BCUT2D eigenvalue weighted by Crippen LogP contribution is 2.38. The minimum Gasteiger partial charge on any atom is -0.399 e. The van der Waals surface area contributed by atoms with E-state index in [1.807, 2.05) is 30.3 Å². The van der Waals surface area contributed by atoms with Crippen molar-refractivity contribution < 1.29 is 4.79 Å². The molecule has 2 atom stereocenters. The van der Waals surface area contributed by atoms with Crippen LogP contribution in [0.4, 0.5) is 5.69 Å². The van der Waals surface area contributed by atoms with Gasteiger partial charge in [-0.15, -0.1) is 0 Å². The number of nitrogen functional groups attached to an aromatic ring is 1. The smallest absolute Gasteiger partial charge is 0.228 e. The number of anilines is 1. The molecule has 0 spiro atoms.